The van der Waals surface area contributed by atoms with Crippen molar-refractivity contribution in [1.29, 1.82) is 0 Å². The van der Waals surface area contributed by atoms with E-state index in [2.05, 4.69) is 59.2 Å². The van der Waals surface area contributed by atoms with E-state index in [-0.39, 0.29) is 12.2 Å². The Balaban J connectivity index is 2.97. The minimum Gasteiger partial charge on any atom is -0.412 e. The van der Waals surface area contributed by atoms with E-state index in [1.54, 1.807) is 0 Å². The van der Waals surface area contributed by atoms with Gasteiger partial charge in [-0.15, -0.1) is 0 Å². The van der Waals surface area contributed by atoms with Crippen molar-refractivity contribution in [2.45, 2.75) is 84.6 Å². The molecule has 4 heteroatoms. The van der Waals surface area contributed by atoms with E-state index in [1.807, 2.05) is 0 Å². The highest BCUT2D eigenvalue weighted by atomic mass is 28.4. The number of allylic oxidation sites excluding steroid dienone is 1. The summed E-state index contributed by atoms with van der Waals surface area (Å²) in [5.41, 5.74) is 1.46. The van der Waals surface area contributed by atoms with Crippen LogP contribution in [-0.2, 0) is 8.85 Å². The molecule has 0 radical (unpaired) electrons. The Kier molecular flexibility index (Phi) is 6.26. The van der Waals surface area contributed by atoms with Gasteiger partial charge < -0.3 is 8.85 Å². The number of hydrogen-bond acceptors (Lipinski definition) is 2. The summed E-state index contributed by atoms with van der Waals surface area (Å²) < 4.78 is 13.1. The van der Waals surface area contributed by atoms with Crippen molar-refractivity contribution in [2.75, 3.05) is 0 Å². The van der Waals surface area contributed by atoms with Gasteiger partial charge >= 0.3 is 0 Å². The molecular formula is C16H34O2Si2. The molecule has 20 heavy (non-hydrogen) atoms. The molecule has 3 unspecified atom stereocenters. The number of hydrogen-bond donors (Lipinski definition) is 0. The zero-order valence-corrected chi connectivity index (χ0v) is 16.7. The lowest BCUT2D eigenvalue weighted by molar-refractivity contribution is 0.00709. The molecule has 0 aliphatic heterocycles. The highest BCUT2D eigenvalue weighted by molar-refractivity contribution is 6.70. The molecule has 0 N–H and O–H groups in total. The summed E-state index contributed by atoms with van der Waals surface area (Å²) in [7, 11) is -3.10. The van der Waals surface area contributed by atoms with Gasteiger partial charge in [0.2, 0.25) is 0 Å². The normalized spacial score (nSPS) is 29.6. The topological polar surface area (TPSA) is 18.5 Å². The zero-order valence-electron chi connectivity index (χ0n) is 14.7. The number of rotatable bonds is 4. The summed E-state index contributed by atoms with van der Waals surface area (Å²) in [4.78, 5) is 0. The van der Waals surface area contributed by atoms with Gasteiger partial charge in [-0.1, -0.05) is 18.6 Å². The molecule has 0 saturated carbocycles. The maximum Gasteiger partial charge on any atom is 0.184 e. The Morgan fingerprint density at radius 3 is 2.05 bits per heavy atom. The summed E-state index contributed by atoms with van der Waals surface area (Å²) >= 11 is 0. The lowest BCUT2D eigenvalue weighted by atomic mass is 9.89. The van der Waals surface area contributed by atoms with Crippen LogP contribution in [0.4, 0.5) is 0 Å². The van der Waals surface area contributed by atoms with Crippen molar-refractivity contribution < 1.29 is 8.85 Å². The average molecular weight is 315 g/mol. The molecule has 0 aromatic heterocycles. The van der Waals surface area contributed by atoms with Gasteiger partial charge in [0, 0.05) is 0 Å². The quantitative estimate of drug-likeness (QED) is 0.525. The van der Waals surface area contributed by atoms with Crippen LogP contribution in [-0.4, -0.2) is 28.8 Å². The maximum atomic E-state index is 6.54. The molecule has 1 aliphatic rings. The minimum absolute atomic E-state index is 0.236. The van der Waals surface area contributed by atoms with Crippen LogP contribution < -0.4 is 0 Å². The fraction of sp³-hybridized carbons (Fsp3) is 0.875. The first-order chi connectivity index (χ1) is 8.98. The fourth-order valence-corrected chi connectivity index (χ4v) is 5.13. The molecular weight excluding hydrogens is 280 g/mol. The zero-order chi connectivity index (χ0) is 15.6. The van der Waals surface area contributed by atoms with Crippen LogP contribution in [0.25, 0.3) is 0 Å². The summed E-state index contributed by atoms with van der Waals surface area (Å²) in [5.74, 6) is 0.576. The molecule has 0 amide bonds. The smallest absolute Gasteiger partial charge is 0.184 e. The second-order valence-corrected chi connectivity index (χ2v) is 17.2. The lowest BCUT2D eigenvalue weighted by Crippen LogP contribution is -2.48. The highest BCUT2D eigenvalue weighted by Gasteiger charge is 2.35. The van der Waals surface area contributed by atoms with E-state index in [0.717, 1.165) is 6.42 Å². The van der Waals surface area contributed by atoms with Crippen molar-refractivity contribution in [2.24, 2.45) is 5.92 Å². The third-order valence-corrected chi connectivity index (χ3v) is 5.55. The van der Waals surface area contributed by atoms with Gasteiger partial charge in [0.1, 0.15) is 0 Å². The van der Waals surface area contributed by atoms with Crippen molar-refractivity contribution >= 4 is 16.6 Å². The second kappa shape index (κ2) is 6.90. The SMILES string of the molecule is CC1=CCCC(C)C(O[Si](C)(C)C)C(O[Si](C)(C)C)C1. The van der Waals surface area contributed by atoms with E-state index >= 15 is 0 Å². The van der Waals surface area contributed by atoms with Crippen LogP contribution in [0.2, 0.25) is 39.3 Å². The van der Waals surface area contributed by atoms with E-state index < -0.39 is 16.6 Å². The Hall–Kier alpha value is 0.0938. The lowest BCUT2D eigenvalue weighted by Gasteiger charge is -2.40. The first kappa shape index (κ1) is 18.1. The first-order valence-corrected chi connectivity index (χ1v) is 14.8. The van der Waals surface area contributed by atoms with Crippen LogP contribution in [0, 0.1) is 5.92 Å². The van der Waals surface area contributed by atoms with Gasteiger partial charge in [-0.2, -0.15) is 0 Å². The minimum atomic E-state index is -1.55. The molecule has 0 fully saturated rings. The molecule has 1 aliphatic carbocycles. The Labute approximate surface area is 128 Å². The monoisotopic (exact) mass is 314 g/mol. The molecule has 0 saturated heterocycles. The standard InChI is InChI=1S/C16H34O2Si2/c1-13-10-9-11-14(2)16(18-20(6,7)8)15(12-13)17-19(3,4)5/h10,14-16H,9,11-12H2,1-8H3. The van der Waals surface area contributed by atoms with E-state index in [4.69, 9.17) is 8.85 Å². The highest BCUT2D eigenvalue weighted by Crippen LogP contribution is 2.30. The third-order valence-electron chi connectivity index (χ3n) is 3.56. The Morgan fingerprint density at radius 1 is 1.00 bits per heavy atom. The fourth-order valence-electron chi connectivity index (χ4n) is 2.80. The van der Waals surface area contributed by atoms with Crippen LogP contribution in [0.15, 0.2) is 11.6 Å². The predicted octanol–water partition coefficient (Wildman–Crippen LogP) is 5.19. The predicted molar refractivity (Wildman–Crippen MR) is 93.2 cm³/mol. The van der Waals surface area contributed by atoms with E-state index in [0.29, 0.717) is 5.92 Å². The van der Waals surface area contributed by atoms with Crippen molar-refractivity contribution in [3.05, 3.63) is 11.6 Å². The van der Waals surface area contributed by atoms with E-state index in [9.17, 15) is 0 Å². The van der Waals surface area contributed by atoms with Gasteiger partial charge in [-0.25, -0.2) is 0 Å². The maximum absolute atomic E-state index is 6.54. The van der Waals surface area contributed by atoms with Gasteiger partial charge in [0.25, 0.3) is 0 Å². The largest absolute Gasteiger partial charge is 0.412 e. The molecule has 2 nitrogen and oxygen atoms in total. The molecule has 0 spiro atoms. The van der Waals surface area contributed by atoms with Crippen LogP contribution in [0.5, 0.6) is 0 Å². The van der Waals surface area contributed by atoms with Crippen LogP contribution in [0.1, 0.15) is 33.1 Å². The molecule has 0 aromatic carbocycles. The molecule has 3 atom stereocenters. The van der Waals surface area contributed by atoms with Gasteiger partial charge in [0.05, 0.1) is 12.2 Å². The van der Waals surface area contributed by atoms with Crippen molar-refractivity contribution in [1.82, 2.24) is 0 Å². The van der Waals surface area contributed by atoms with Crippen LogP contribution >= 0.6 is 0 Å². The van der Waals surface area contributed by atoms with E-state index in [1.165, 1.54) is 18.4 Å². The average Bonchev–Trinajstić information content (AvgIpc) is 2.20. The van der Waals surface area contributed by atoms with Gasteiger partial charge in [-0.3, -0.25) is 0 Å². The molecule has 118 valence electrons. The molecule has 0 heterocycles. The van der Waals surface area contributed by atoms with Crippen LogP contribution in [0.3, 0.4) is 0 Å². The first-order valence-electron chi connectivity index (χ1n) is 7.99. The Morgan fingerprint density at radius 2 is 1.55 bits per heavy atom. The molecule has 0 aromatic rings. The third kappa shape index (κ3) is 6.70. The molecule has 0 bridgehead atoms. The summed E-state index contributed by atoms with van der Waals surface area (Å²) in [6, 6.07) is 0. The summed E-state index contributed by atoms with van der Waals surface area (Å²) in [5, 5.41) is 0. The van der Waals surface area contributed by atoms with Gasteiger partial charge in [0.15, 0.2) is 16.6 Å². The molecule has 1 rings (SSSR count). The summed E-state index contributed by atoms with van der Waals surface area (Å²) in [6.07, 6.45) is 6.30. The summed E-state index contributed by atoms with van der Waals surface area (Å²) in [6.45, 7) is 18.3. The van der Waals surface area contributed by atoms with Crippen molar-refractivity contribution in [3.8, 4) is 0 Å². The second-order valence-electron chi connectivity index (χ2n) is 8.27. The Bertz CT molecular complexity index is 339. The van der Waals surface area contributed by atoms with Crippen molar-refractivity contribution in [3.63, 3.8) is 0 Å². The van der Waals surface area contributed by atoms with Gasteiger partial charge in [-0.05, 0) is 71.4 Å².